The summed E-state index contributed by atoms with van der Waals surface area (Å²) in [6, 6.07) is 21.7. The van der Waals surface area contributed by atoms with Gasteiger partial charge in [0.05, 0.1) is 23.9 Å². The first-order chi connectivity index (χ1) is 11.8. The average Bonchev–Trinajstić information content (AvgIpc) is 2.66. The van der Waals surface area contributed by atoms with E-state index in [-0.39, 0.29) is 0 Å². The first kappa shape index (κ1) is 13.9. The minimum absolute atomic E-state index is 0.602. The number of aromatic nitrogens is 1. The number of fused-ring (bicyclic) bond motifs is 3. The van der Waals surface area contributed by atoms with Crippen LogP contribution < -0.4 is 0 Å². The van der Waals surface area contributed by atoms with E-state index in [9.17, 15) is 0 Å². The van der Waals surface area contributed by atoms with Gasteiger partial charge >= 0.3 is 0 Å². The molecule has 0 amide bonds. The molecule has 0 bridgehead atoms. The largest absolute Gasteiger partial charge is 0.256 e. The van der Waals surface area contributed by atoms with E-state index in [1.165, 1.54) is 0 Å². The first-order valence-corrected chi connectivity index (χ1v) is 7.49. The lowest BCUT2D eigenvalue weighted by molar-refractivity contribution is 1.31. The smallest absolute Gasteiger partial charge is 0.187 e. The summed E-state index contributed by atoms with van der Waals surface area (Å²) < 4.78 is 0. The van der Waals surface area contributed by atoms with Gasteiger partial charge in [-0.25, -0.2) is 4.85 Å². The molecular formula is C21H11N3. The number of hydrogen-bond acceptors (Lipinski definition) is 2. The van der Waals surface area contributed by atoms with E-state index in [0.717, 1.165) is 32.8 Å². The molecule has 3 aromatic carbocycles. The zero-order chi connectivity index (χ0) is 16.5. The van der Waals surface area contributed by atoms with Crippen molar-refractivity contribution >= 4 is 27.2 Å². The van der Waals surface area contributed by atoms with E-state index < -0.39 is 0 Å². The van der Waals surface area contributed by atoms with Crippen LogP contribution in [0.3, 0.4) is 0 Å². The van der Waals surface area contributed by atoms with Crippen molar-refractivity contribution in [3.05, 3.63) is 83.8 Å². The predicted molar refractivity (Wildman–Crippen MR) is 95.7 cm³/mol. The SMILES string of the molecule is [C-]#[N+]c1ccc2c(ccc3cc(-c4cc(C#N)ccn4)ccc32)c1. The molecule has 110 valence electrons. The Kier molecular flexibility index (Phi) is 3.19. The molecule has 0 aliphatic carbocycles. The van der Waals surface area contributed by atoms with E-state index in [2.05, 4.69) is 34.1 Å². The third kappa shape index (κ3) is 2.26. The highest BCUT2D eigenvalue weighted by Crippen LogP contribution is 2.31. The monoisotopic (exact) mass is 305 g/mol. The number of nitriles is 1. The Morgan fingerprint density at radius 1 is 0.875 bits per heavy atom. The van der Waals surface area contributed by atoms with E-state index in [1.807, 2.05) is 30.3 Å². The summed E-state index contributed by atoms with van der Waals surface area (Å²) in [5, 5.41) is 13.5. The Hall–Kier alpha value is -3.69. The fourth-order valence-electron chi connectivity index (χ4n) is 2.95. The molecule has 0 saturated heterocycles. The van der Waals surface area contributed by atoms with Gasteiger partial charge in [0, 0.05) is 11.8 Å². The van der Waals surface area contributed by atoms with Gasteiger partial charge in [-0.1, -0.05) is 36.4 Å². The molecule has 0 radical (unpaired) electrons. The molecule has 4 rings (SSSR count). The fraction of sp³-hybridized carbons (Fsp3) is 0. The number of benzene rings is 3. The van der Waals surface area contributed by atoms with Crippen LogP contribution in [0.2, 0.25) is 0 Å². The molecule has 1 aromatic heterocycles. The van der Waals surface area contributed by atoms with E-state index in [4.69, 9.17) is 11.8 Å². The van der Waals surface area contributed by atoms with Crippen molar-refractivity contribution in [2.24, 2.45) is 0 Å². The van der Waals surface area contributed by atoms with Crippen molar-refractivity contribution in [2.75, 3.05) is 0 Å². The summed E-state index contributed by atoms with van der Waals surface area (Å²) in [5.74, 6) is 0. The topological polar surface area (TPSA) is 41.0 Å². The van der Waals surface area contributed by atoms with Gasteiger partial charge in [-0.3, -0.25) is 4.98 Å². The summed E-state index contributed by atoms with van der Waals surface area (Å²) >= 11 is 0. The number of hydrogen-bond donors (Lipinski definition) is 0. The van der Waals surface area contributed by atoms with Crippen LogP contribution in [0.5, 0.6) is 0 Å². The van der Waals surface area contributed by atoms with Crippen molar-refractivity contribution in [3.63, 3.8) is 0 Å². The summed E-state index contributed by atoms with van der Waals surface area (Å²) in [7, 11) is 0. The molecule has 0 unspecified atom stereocenters. The van der Waals surface area contributed by atoms with Gasteiger partial charge < -0.3 is 0 Å². The van der Waals surface area contributed by atoms with Gasteiger partial charge in [-0.05, 0) is 45.8 Å². The zero-order valence-electron chi connectivity index (χ0n) is 12.7. The number of rotatable bonds is 1. The molecular weight excluding hydrogens is 294 g/mol. The molecule has 0 fully saturated rings. The second kappa shape index (κ2) is 5.50. The molecule has 3 nitrogen and oxygen atoms in total. The number of nitrogens with zero attached hydrogens (tertiary/aromatic N) is 3. The van der Waals surface area contributed by atoms with E-state index in [1.54, 1.807) is 18.3 Å². The minimum Gasteiger partial charge on any atom is -0.256 e. The second-order valence-corrected chi connectivity index (χ2v) is 5.56. The van der Waals surface area contributed by atoms with Crippen molar-refractivity contribution in [1.29, 1.82) is 5.26 Å². The molecule has 0 aliphatic rings. The Balaban J connectivity index is 1.92. The molecule has 4 aromatic rings. The lowest BCUT2D eigenvalue weighted by Gasteiger charge is -2.07. The standard InChI is InChI=1S/C21H11N3/c1-23-18-5-7-20-16(12-18)3-2-15-11-17(4-6-19(15)20)21-10-14(13-22)8-9-24-21/h2-12H. The van der Waals surface area contributed by atoms with Crippen LogP contribution in [0, 0.1) is 17.9 Å². The number of pyridine rings is 1. The third-order valence-electron chi connectivity index (χ3n) is 4.13. The Morgan fingerprint density at radius 3 is 2.38 bits per heavy atom. The van der Waals surface area contributed by atoms with Crippen molar-refractivity contribution in [1.82, 2.24) is 4.98 Å². The second-order valence-electron chi connectivity index (χ2n) is 5.56. The maximum atomic E-state index is 9.04. The summed E-state index contributed by atoms with van der Waals surface area (Å²) in [4.78, 5) is 7.85. The summed E-state index contributed by atoms with van der Waals surface area (Å²) in [6.07, 6.45) is 1.66. The predicted octanol–water partition coefficient (Wildman–Crippen LogP) is 5.48. The maximum absolute atomic E-state index is 9.04. The third-order valence-corrected chi connectivity index (χ3v) is 4.13. The van der Waals surface area contributed by atoms with Crippen LogP contribution in [0.25, 0.3) is 37.6 Å². The van der Waals surface area contributed by atoms with Gasteiger partial charge in [0.2, 0.25) is 0 Å². The van der Waals surface area contributed by atoms with Crippen molar-refractivity contribution in [2.45, 2.75) is 0 Å². The molecule has 0 N–H and O–H groups in total. The van der Waals surface area contributed by atoms with Gasteiger partial charge in [-0.2, -0.15) is 5.26 Å². The van der Waals surface area contributed by atoms with Crippen LogP contribution >= 0.6 is 0 Å². The quantitative estimate of drug-likeness (QED) is 0.345. The Morgan fingerprint density at radius 2 is 1.62 bits per heavy atom. The van der Waals surface area contributed by atoms with Crippen LogP contribution in [-0.4, -0.2) is 4.98 Å². The summed E-state index contributed by atoms with van der Waals surface area (Å²) in [5.41, 5.74) is 3.03. The normalized spacial score (nSPS) is 10.4. The van der Waals surface area contributed by atoms with Crippen LogP contribution in [-0.2, 0) is 0 Å². The minimum atomic E-state index is 0.602. The summed E-state index contributed by atoms with van der Waals surface area (Å²) in [6.45, 7) is 7.13. The van der Waals surface area contributed by atoms with Crippen LogP contribution in [0.15, 0.2) is 66.9 Å². The molecule has 3 heteroatoms. The highest BCUT2D eigenvalue weighted by Gasteiger charge is 2.05. The first-order valence-electron chi connectivity index (χ1n) is 7.49. The maximum Gasteiger partial charge on any atom is 0.187 e. The van der Waals surface area contributed by atoms with Crippen molar-refractivity contribution < 1.29 is 0 Å². The van der Waals surface area contributed by atoms with E-state index in [0.29, 0.717) is 11.3 Å². The van der Waals surface area contributed by atoms with Crippen LogP contribution in [0.1, 0.15) is 5.56 Å². The molecule has 0 atom stereocenters. The zero-order valence-corrected chi connectivity index (χ0v) is 12.7. The highest BCUT2D eigenvalue weighted by atomic mass is 14.7. The Bertz CT molecular complexity index is 1180. The fourth-order valence-corrected chi connectivity index (χ4v) is 2.95. The Labute approximate surface area is 139 Å². The van der Waals surface area contributed by atoms with Crippen molar-refractivity contribution in [3.8, 4) is 17.3 Å². The lowest BCUT2D eigenvalue weighted by atomic mass is 9.98. The molecule has 24 heavy (non-hydrogen) atoms. The van der Waals surface area contributed by atoms with Gasteiger partial charge in [0.15, 0.2) is 5.69 Å². The molecule has 0 spiro atoms. The average molecular weight is 305 g/mol. The van der Waals surface area contributed by atoms with Gasteiger partial charge in [-0.15, -0.1) is 0 Å². The molecule has 1 heterocycles. The van der Waals surface area contributed by atoms with E-state index >= 15 is 0 Å². The molecule has 0 saturated carbocycles. The highest BCUT2D eigenvalue weighted by molar-refractivity contribution is 6.09. The van der Waals surface area contributed by atoms with Gasteiger partial charge in [0.1, 0.15) is 0 Å². The lowest BCUT2D eigenvalue weighted by Crippen LogP contribution is -1.86. The van der Waals surface area contributed by atoms with Crippen LogP contribution in [0.4, 0.5) is 5.69 Å². The molecule has 0 aliphatic heterocycles. The van der Waals surface area contributed by atoms with Gasteiger partial charge in [0.25, 0.3) is 0 Å².